The third-order valence-corrected chi connectivity index (χ3v) is 6.54. The molecule has 1 amide bonds. The van der Waals surface area contributed by atoms with Crippen LogP contribution in [-0.4, -0.2) is 25.8 Å². The SMILES string of the molecule is Nc1ccc2c(c1)CCCC2NC(=O)CS(=O)(=O)CCCc1ccccc1. The van der Waals surface area contributed by atoms with Crippen molar-refractivity contribution in [3.63, 3.8) is 0 Å². The van der Waals surface area contributed by atoms with Gasteiger partial charge in [-0.1, -0.05) is 36.4 Å². The van der Waals surface area contributed by atoms with Crippen LogP contribution in [0.15, 0.2) is 48.5 Å². The van der Waals surface area contributed by atoms with Crippen molar-refractivity contribution in [3.8, 4) is 0 Å². The molecule has 0 fully saturated rings. The third kappa shape index (κ3) is 5.57. The average Bonchev–Trinajstić information content (AvgIpc) is 2.62. The largest absolute Gasteiger partial charge is 0.399 e. The van der Waals surface area contributed by atoms with Crippen LogP contribution >= 0.6 is 0 Å². The van der Waals surface area contributed by atoms with Crippen LogP contribution < -0.4 is 11.1 Å². The number of benzene rings is 2. The molecule has 0 heterocycles. The summed E-state index contributed by atoms with van der Waals surface area (Å²) in [7, 11) is -3.42. The van der Waals surface area contributed by atoms with Gasteiger partial charge in [0.1, 0.15) is 5.75 Å². The minimum Gasteiger partial charge on any atom is -0.399 e. The number of hydrogen-bond donors (Lipinski definition) is 2. The summed E-state index contributed by atoms with van der Waals surface area (Å²) in [6.45, 7) is 0. The first kappa shape index (κ1) is 19.4. The number of aryl methyl sites for hydroxylation is 2. The van der Waals surface area contributed by atoms with Crippen LogP contribution in [0, 0.1) is 0 Å². The lowest BCUT2D eigenvalue weighted by atomic mass is 9.87. The highest BCUT2D eigenvalue weighted by atomic mass is 32.2. The molecule has 2 aromatic carbocycles. The van der Waals surface area contributed by atoms with E-state index in [9.17, 15) is 13.2 Å². The van der Waals surface area contributed by atoms with E-state index >= 15 is 0 Å². The van der Waals surface area contributed by atoms with Crippen LogP contribution in [0.4, 0.5) is 5.69 Å². The highest BCUT2D eigenvalue weighted by Gasteiger charge is 2.24. The summed E-state index contributed by atoms with van der Waals surface area (Å²) < 4.78 is 24.6. The van der Waals surface area contributed by atoms with Crippen molar-refractivity contribution in [1.82, 2.24) is 5.32 Å². The Hall–Kier alpha value is -2.34. The van der Waals surface area contributed by atoms with Gasteiger partial charge in [0.05, 0.1) is 11.8 Å². The van der Waals surface area contributed by atoms with Gasteiger partial charge in [0.15, 0.2) is 9.84 Å². The molecule has 0 saturated carbocycles. The van der Waals surface area contributed by atoms with Gasteiger partial charge in [-0.2, -0.15) is 0 Å². The van der Waals surface area contributed by atoms with E-state index in [-0.39, 0.29) is 11.8 Å². The Morgan fingerprint density at radius 3 is 2.70 bits per heavy atom. The lowest BCUT2D eigenvalue weighted by Gasteiger charge is -2.26. The maximum atomic E-state index is 12.3. The maximum Gasteiger partial charge on any atom is 0.235 e. The number of amides is 1. The van der Waals surface area contributed by atoms with Gasteiger partial charge in [0.25, 0.3) is 0 Å². The van der Waals surface area contributed by atoms with E-state index in [0.717, 1.165) is 36.0 Å². The van der Waals surface area contributed by atoms with E-state index < -0.39 is 21.5 Å². The summed E-state index contributed by atoms with van der Waals surface area (Å²) in [4.78, 5) is 12.3. The summed E-state index contributed by atoms with van der Waals surface area (Å²) in [6.07, 6.45) is 3.91. The fourth-order valence-corrected chi connectivity index (χ4v) is 4.84. The number of fused-ring (bicyclic) bond motifs is 1. The number of anilines is 1. The second-order valence-corrected chi connectivity index (χ2v) is 9.34. The standard InChI is InChI=1S/C21H26N2O3S/c22-18-11-12-19-17(14-18)9-4-10-20(19)23-21(24)15-27(25,26)13-5-8-16-6-2-1-3-7-16/h1-3,6-7,11-12,14,20H,4-5,8-10,13,15,22H2,(H,23,24). The molecule has 0 saturated heterocycles. The fraction of sp³-hybridized carbons (Fsp3) is 0.381. The number of sulfone groups is 1. The summed E-state index contributed by atoms with van der Waals surface area (Å²) in [5.41, 5.74) is 9.83. The van der Waals surface area contributed by atoms with Crippen molar-refractivity contribution in [2.75, 3.05) is 17.2 Å². The molecular weight excluding hydrogens is 360 g/mol. The second-order valence-electron chi connectivity index (χ2n) is 7.15. The Labute approximate surface area is 160 Å². The minimum atomic E-state index is -3.42. The highest BCUT2D eigenvalue weighted by molar-refractivity contribution is 7.92. The number of nitrogens with one attached hydrogen (secondary N) is 1. The molecule has 1 aliphatic carbocycles. The molecule has 0 spiro atoms. The number of nitrogens with two attached hydrogens (primary N) is 1. The van der Waals surface area contributed by atoms with Crippen molar-refractivity contribution in [1.29, 1.82) is 0 Å². The summed E-state index contributed by atoms with van der Waals surface area (Å²) >= 11 is 0. The van der Waals surface area contributed by atoms with Crippen LogP contribution in [0.5, 0.6) is 0 Å². The van der Waals surface area contributed by atoms with Crippen LogP contribution in [0.1, 0.15) is 42.0 Å². The van der Waals surface area contributed by atoms with Crippen LogP contribution in [0.2, 0.25) is 0 Å². The van der Waals surface area contributed by atoms with E-state index in [2.05, 4.69) is 5.32 Å². The Morgan fingerprint density at radius 1 is 1.15 bits per heavy atom. The van der Waals surface area contributed by atoms with Crippen molar-refractivity contribution in [2.24, 2.45) is 0 Å². The van der Waals surface area contributed by atoms with Gasteiger partial charge in [0.2, 0.25) is 5.91 Å². The van der Waals surface area contributed by atoms with E-state index in [0.29, 0.717) is 18.5 Å². The zero-order valence-corrected chi connectivity index (χ0v) is 16.2. The smallest absolute Gasteiger partial charge is 0.235 e. The van der Waals surface area contributed by atoms with Gasteiger partial charge in [-0.05, 0) is 60.9 Å². The topological polar surface area (TPSA) is 89.3 Å². The molecule has 0 radical (unpaired) electrons. The van der Waals surface area contributed by atoms with Crippen molar-refractivity contribution < 1.29 is 13.2 Å². The van der Waals surface area contributed by atoms with Gasteiger partial charge in [-0.25, -0.2) is 8.42 Å². The van der Waals surface area contributed by atoms with Crippen molar-refractivity contribution in [2.45, 2.75) is 38.1 Å². The predicted molar refractivity (Wildman–Crippen MR) is 108 cm³/mol. The van der Waals surface area contributed by atoms with E-state index in [1.807, 2.05) is 48.5 Å². The molecule has 0 aliphatic heterocycles. The normalized spacial score (nSPS) is 16.5. The zero-order chi connectivity index (χ0) is 19.3. The van der Waals surface area contributed by atoms with E-state index in [4.69, 9.17) is 5.73 Å². The molecule has 0 aromatic heterocycles. The average molecular weight is 387 g/mol. The molecule has 1 atom stereocenters. The van der Waals surface area contributed by atoms with E-state index in [1.54, 1.807) is 0 Å². The Kier molecular flexibility index (Phi) is 6.16. The Balaban J connectivity index is 1.53. The molecule has 3 N–H and O–H groups in total. The van der Waals surface area contributed by atoms with Gasteiger partial charge >= 0.3 is 0 Å². The second kappa shape index (κ2) is 8.57. The number of carbonyl (C=O) groups excluding carboxylic acids is 1. The summed E-state index contributed by atoms with van der Waals surface area (Å²) in [6, 6.07) is 15.3. The molecule has 1 aliphatic rings. The number of nitrogen functional groups attached to an aromatic ring is 1. The molecule has 27 heavy (non-hydrogen) atoms. The molecule has 3 rings (SSSR count). The summed E-state index contributed by atoms with van der Waals surface area (Å²) in [5, 5.41) is 2.90. The van der Waals surface area contributed by atoms with Gasteiger partial charge in [-0.3, -0.25) is 4.79 Å². The highest BCUT2D eigenvalue weighted by Crippen LogP contribution is 2.30. The monoisotopic (exact) mass is 386 g/mol. The van der Waals surface area contributed by atoms with Crippen LogP contribution in [-0.2, 0) is 27.5 Å². The van der Waals surface area contributed by atoms with Crippen LogP contribution in [0.25, 0.3) is 0 Å². The van der Waals surface area contributed by atoms with Gasteiger partial charge in [-0.15, -0.1) is 0 Å². The minimum absolute atomic E-state index is 0.0209. The third-order valence-electron chi connectivity index (χ3n) is 4.93. The van der Waals surface area contributed by atoms with Crippen molar-refractivity contribution in [3.05, 3.63) is 65.2 Å². The molecule has 1 unspecified atom stereocenters. The van der Waals surface area contributed by atoms with Gasteiger partial charge < -0.3 is 11.1 Å². The molecular formula is C21H26N2O3S. The molecule has 5 nitrogen and oxygen atoms in total. The Bertz CT molecular complexity index is 895. The number of rotatable bonds is 7. The molecule has 144 valence electrons. The number of carbonyl (C=O) groups is 1. The van der Waals surface area contributed by atoms with Gasteiger partial charge in [0, 0.05) is 5.69 Å². The first-order valence-electron chi connectivity index (χ1n) is 9.35. The fourth-order valence-electron chi connectivity index (χ4n) is 3.63. The van der Waals surface area contributed by atoms with E-state index in [1.165, 1.54) is 0 Å². The molecule has 2 aromatic rings. The lowest BCUT2D eigenvalue weighted by Crippen LogP contribution is -2.35. The quantitative estimate of drug-likeness (QED) is 0.716. The molecule has 6 heteroatoms. The molecule has 0 bridgehead atoms. The maximum absolute atomic E-state index is 12.3. The predicted octanol–water partition coefficient (Wildman–Crippen LogP) is 2.81. The zero-order valence-electron chi connectivity index (χ0n) is 15.4. The first-order chi connectivity index (χ1) is 12.9. The summed E-state index contributed by atoms with van der Waals surface area (Å²) in [5.74, 6) is -0.861. The van der Waals surface area contributed by atoms with Crippen LogP contribution in [0.3, 0.4) is 0 Å². The number of hydrogen-bond acceptors (Lipinski definition) is 4. The lowest BCUT2D eigenvalue weighted by molar-refractivity contribution is -0.119. The Morgan fingerprint density at radius 2 is 1.93 bits per heavy atom. The first-order valence-corrected chi connectivity index (χ1v) is 11.2. The van der Waals surface area contributed by atoms with Crippen molar-refractivity contribution >= 4 is 21.4 Å².